The summed E-state index contributed by atoms with van der Waals surface area (Å²) in [6, 6.07) is 8.74. The van der Waals surface area contributed by atoms with Gasteiger partial charge < -0.3 is 5.32 Å². The number of hydrogen-bond acceptors (Lipinski definition) is 1. The number of carbonyl (C=O) groups excluding carboxylic acids is 1. The molecule has 0 bridgehead atoms. The van der Waals surface area contributed by atoms with E-state index in [1.165, 1.54) is 12.0 Å². The summed E-state index contributed by atoms with van der Waals surface area (Å²) in [5.74, 6) is 1.66. The molecule has 0 aliphatic heterocycles. The van der Waals surface area contributed by atoms with Crippen LogP contribution >= 0.6 is 15.9 Å². The van der Waals surface area contributed by atoms with Crippen LogP contribution in [0.3, 0.4) is 0 Å². The molecular formula is C19H24BrNO. The van der Waals surface area contributed by atoms with Crippen molar-refractivity contribution in [1.82, 2.24) is 5.32 Å². The van der Waals surface area contributed by atoms with Gasteiger partial charge in [-0.2, -0.15) is 0 Å². The van der Waals surface area contributed by atoms with Gasteiger partial charge in [0.05, 0.1) is 0 Å². The van der Waals surface area contributed by atoms with Crippen LogP contribution in [-0.4, -0.2) is 11.9 Å². The van der Waals surface area contributed by atoms with Crippen LogP contribution in [0.2, 0.25) is 0 Å². The topological polar surface area (TPSA) is 29.1 Å². The van der Waals surface area contributed by atoms with Gasteiger partial charge in [0.1, 0.15) is 0 Å². The molecule has 1 aliphatic rings. The van der Waals surface area contributed by atoms with Gasteiger partial charge in [0, 0.05) is 16.6 Å². The van der Waals surface area contributed by atoms with Crippen LogP contribution in [0.15, 0.2) is 53.0 Å². The van der Waals surface area contributed by atoms with Crippen molar-refractivity contribution in [3.63, 3.8) is 0 Å². The number of amides is 1. The molecule has 2 rings (SSSR count). The van der Waals surface area contributed by atoms with E-state index >= 15 is 0 Å². The summed E-state index contributed by atoms with van der Waals surface area (Å²) in [7, 11) is 0. The lowest BCUT2D eigenvalue weighted by Crippen LogP contribution is -2.34. The summed E-state index contributed by atoms with van der Waals surface area (Å²) >= 11 is 3.46. The maximum absolute atomic E-state index is 11.7. The molecule has 0 heterocycles. The van der Waals surface area contributed by atoms with E-state index in [0.29, 0.717) is 17.8 Å². The highest BCUT2D eigenvalue weighted by molar-refractivity contribution is 9.10. The second kappa shape index (κ2) is 7.77. The molecule has 118 valence electrons. The van der Waals surface area contributed by atoms with Crippen molar-refractivity contribution in [2.45, 2.75) is 39.2 Å². The Morgan fingerprint density at radius 3 is 2.55 bits per heavy atom. The van der Waals surface area contributed by atoms with E-state index in [-0.39, 0.29) is 11.9 Å². The summed E-state index contributed by atoms with van der Waals surface area (Å²) in [5.41, 5.74) is 1.39. The van der Waals surface area contributed by atoms with Crippen molar-refractivity contribution in [2.24, 2.45) is 11.8 Å². The van der Waals surface area contributed by atoms with Crippen LogP contribution in [0.1, 0.15) is 38.7 Å². The minimum Gasteiger partial charge on any atom is -0.350 e. The SMILES string of the molecule is CC(C)C(C)NC(=O)/C=C/C=C/[C@@H]1C[C@H]1c1ccc(Br)cc1. The molecule has 1 aliphatic carbocycles. The van der Waals surface area contributed by atoms with Crippen LogP contribution in [-0.2, 0) is 4.79 Å². The van der Waals surface area contributed by atoms with E-state index in [1.54, 1.807) is 6.08 Å². The van der Waals surface area contributed by atoms with Crippen molar-refractivity contribution < 1.29 is 4.79 Å². The molecule has 3 atom stereocenters. The summed E-state index contributed by atoms with van der Waals surface area (Å²) in [5, 5.41) is 2.96. The molecule has 1 amide bonds. The predicted molar refractivity (Wildman–Crippen MR) is 95.7 cm³/mol. The molecule has 1 N–H and O–H groups in total. The number of carbonyl (C=O) groups is 1. The molecule has 0 saturated heterocycles. The summed E-state index contributed by atoms with van der Waals surface area (Å²) < 4.78 is 1.12. The van der Waals surface area contributed by atoms with Gasteiger partial charge in [0.2, 0.25) is 5.91 Å². The Kier molecular flexibility index (Phi) is 6.01. The first-order valence-corrected chi connectivity index (χ1v) is 8.67. The molecule has 3 heteroatoms. The molecule has 1 aromatic rings. The van der Waals surface area contributed by atoms with Crippen LogP contribution < -0.4 is 5.32 Å². The Morgan fingerprint density at radius 1 is 1.23 bits per heavy atom. The van der Waals surface area contributed by atoms with Crippen LogP contribution in [0.25, 0.3) is 0 Å². The van der Waals surface area contributed by atoms with E-state index in [2.05, 4.69) is 65.4 Å². The van der Waals surface area contributed by atoms with Crippen LogP contribution in [0, 0.1) is 11.8 Å². The third-order valence-corrected chi connectivity index (χ3v) is 4.75. The molecule has 1 aromatic carbocycles. The smallest absolute Gasteiger partial charge is 0.244 e. The quantitative estimate of drug-likeness (QED) is 0.570. The molecule has 0 aromatic heterocycles. The van der Waals surface area contributed by atoms with Crippen molar-refractivity contribution in [3.8, 4) is 0 Å². The standard InChI is InChI=1S/C19H24BrNO/c1-13(2)14(3)21-19(22)7-5-4-6-16-12-18(16)15-8-10-17(20)11-9-15/h4-11,13-14,16,18H,12H2,1-3H3,(H,21,22)/b6-4+,7-5+/t14?,16-,18+/m1/s1. The lowest BCUT2D eigenvalue weighted by Gasteiger charge is -2.15. The average Bonchev–Trinajstić information content (AvgIpc) is 3.24. The number of benzene rings is 1. The Hall–Kier alpha value is -1.35. The van der Waals surface area contributed by atoms with E-state index in [4.69, 9.17) is 0 Å². The minimum absolute atomic E-state index is 0.0221. The maximum Gasteiger partial charge on any atom is 0.244 e. The van der Waals surface area contributed by atoms with E-state index in [0.717, 1.165) is 4.47 Å². The third-order valence-electron chi connectivity index (χ3n) is 4.22. The minimum atomic E-state index is -0.0221. The zero-order chi connectivity index (χ0) is 16.1. The first kappa shape index (κ1) is 17.0. The van der Waals surface area contributed by atoms with Gasteiger partial charge in [-0.05, 0) is 48.8 Å². The molecular weight excluding hydrogens is 338 g/mol. The highest BCUT2D eigenvalue weighted by atomic mass is 79.9. The first-order chi connectivity index (χ1) is 10.5. The van der Waals surface area contributed by atoms with Gasteiger partial charge in [-0.15, -0.1) is 0 Å². The zero-order valence-corrected chi connectivity index (χ0v) is 15.0. The lowest BCUT2D eigenvalue weighted by atomic mass is 10.1. The molecule has 0 spiro atoms. The fourth-order valence-corrected chi connectivity index (χ4v) is 2.57. The summed E-state index contributed by atoms with van der Waals surface area (Å²) in [6.45, 7) is 6.23. The molecule has 1 unspecified atom stereocenters. The van der Waals surface area contributed by atoms with Gasteiger partial charge in [0.25, 0.3) is 0 Å². The van der Waals surface area contributed by atoms with Crippen molar-refractivity contribution in [1.29, 1.82) is 0 Å². The van der Waals surface area contributed by atoms with E-state index in [1.807, 2.05) is 19.1 Å². The molecule has 22 heavy (non-hydrogen) atoms. The maximum atomic E-state index is 11.7. The fourth-order valence-electron chi connectivity index (χ4n) is 2.31. The predicted octanol–water partition coefficient (Wildman–Crippen LogP) is 4.83. The lowest BCUT2D eigenvalue weighted by molar-refractivity contribution is -0.117. The van der Waals surface area contributed by atoms with Gasteiger partial charge >= 0.3 is 0 Å². The number of nitrogens with one attached hydrogen (secondary N) is 1. The molecule has 0 radical (unpaired) electrons. The van der Waals surface area contributed by atoms with Crippen LogP contribution in [0.4, 0.5) is 0 Å². The normalized spacial score (nSPS) is 22.4. The number of hydrogen-bond donors (Lipinski definition) is 1. The second-order valence-electron chi connectivity index (χ2n) is 6.34. The summed E-state index contributed by atoms with van der Waals surface area (Å²) in [4.78, 5) is 11.7. The third kappa shape index (κ3) is 5.13. The Bertz CT molecular complexity index is 559. The first-order valence-electron chi connectivity index (χ1n) is 7.88. The number of halogens is 1. The largest absolute Gasteiger partial charge is 0.350 e. The Balaban J connectivity index is 1.76. The number of rotatable bonds is 6. The zero-order valence-electron chi connectivity index (χ0n) is 13.4. The monoisotopic (exact) mass is 361 g/mol. The van der Waals surface area contributed by atoms with Crippen LogP contribution in [0.5, 0.6) is 0 Å². The molecule has 1 saturated carbocycles. The molecule has 2 nitrogen and oxygen atoms in total. The van der Waals surface area contributed by atoms with Gasteiger partial charge in [-0.3, -0.25) is 4.79 Å². The fraction of sp³-hybridized carbons (Fsp3) is 0.421. The summed E-state index contributed by atoms with van der Waals surface area (Å²) in [6.07, 6.45) is 8.82. The van der Waals surface area contributed by atoms with Crippen molar-refractivity contribution in [3.05, 3.63) is 58.6 Å². The van der Waals surface area contributed by atoms with Gasteiger partial charge in [-0.1, -0.05) is 60.1 Å². The van der Waals surface area contributed by atoms with Gasteiger partial charge in [-0.25, -0.2) is 0 Å². The average molecular weight is 362 g/mol. The van der Waals surface area contributed by atoms with E-state index in [9.17, 15) is 4.79 Å². The van der Waals surface area contributed by atoms with Gasteiger partial charge in [0.15, 0.2) is 0 Å². The number of allylic oxidation sites excluding steroid dienone is 3. The van der Waals surface area contributed by atoms with Crippen molar-refractivity contribution in [2.75, 3.05) is 0 Å². The highest BCUT2D eigenvalue weighted by Gasteiger charge is 2.35. The Morgan fingerprint density at radius 2 is 1.91 bits per heavy atom. The highest BCUT2D eigenvalue weighted by Crippen LogP contribution is 2.48. The second-order valence-corrected chi connectivity index (χ2v) is 7.26. The molecule has 1 fully saturated rings. The Labute approximate surface area is 141 Å². The van der Waals surface area contributed by atoms with Crippen molar-refractivity contribution >= 4 is 21.8 Å². The van der Waals surface area contributed by atoms with E-state index < -0.39 is 0 Å².